The molecule has 108 valence electrons. The summed E-state index contributed by atoms with van der Waals surface area (Å²) < 4.78 is 1.10. The lowest BCUT2D eigenvalue weighted by molar-refractivity contribution is 1.13. The van der Waals surface area contributed by atoms with Crippen molar-refractivity contribution in [1.82, 2.24) is 4.98 Å². The summed E-state index contributed by atoms with van der Waals surface area (Å²) in [5.41, 5.74) is 4.21. The van der Waals surface area contributed by atoms with E-state index < -0.39 is 10.7 Å². The summed E-state index contributed by atoms with van der Waals surface area (Å²) in [5, 5.41) is 7.49. The lowest BCUT2D eigenvalue weighted by Crippen LogP contribution is -2.10. The maximum atomic E-state index is 6.51. The molecular formula is C16H19N4S+. The average molecular weight is 299 g/mol. The fourth-order valence-corrected chi connectivity index (χ4v) is 3.86. The van der Waals surface area contributed by atoms with Crippen LogP contribution in [0, 0.1) is 6.92 Å². The summed E-state index contributed by atoms with van der Waals surface area (Å²) >= 11 is 0. The normalized spacial score (nSPS) is 13.2. The molecule has 0 saturated heterocycles. The first kappa shape index (κ1) is 14.0. The van der Waals surface area contributed by atoms with Gasteiger partial charge in [0.25, 0.3) is 0 Å². The largest absolute Gasteiger partial charge is 0.377 e. The first-order valence-corrected chi connectivity index (χ1v) is 8.06. The molecule has 0 saturated carbocycles. The molecule has 1 aliphatic heterocycles. The van der Waals surface area contributed by atoms with Gasteiger partial charge < -0.3 is 4.90 Å². The van der Waals surface area contributed by atoms with Crippen LogP contribution < -0.4 is 15.4 Å². The molecule has 5 heteroatoms. The van der Waals surface area contributed by atoms with Gasteiger partial charge in [-0.25, -0.2) is 4.98 Å². The molecule has 21 heavy (non-hydrogen) atoms. The minimum Gasteiger partial charge on any atom is -0.377 e. The number of nitrogen functional groups attached to an aromatic ring is 1. The zero-order valence-corrected chi connectivity index (χ0v) is 13.5. The second-order valence-corrected chi connectivity index (χ2v) is 6.88. The molecular weight excluding hydrogens is 280 g/mol. The zero-order chi connectivity index (χ0) is 15.1. The van der Waals surface area contributed by atoms with E-state index in [0.29, 0.717) is 0 Å². The van der Waals surface area contributed by atoms with Crippen molar-refractivity contribution in [3.05, 3.63) is 41.3 Å². The molecule has 1 heterocycles. The third-order valence-corrected chi connectivity index (χ3v) is 5.29. The molecule has 0 fully saturated rings. The molecule has 1 aromatic carbocycles. The molecule has 1 aromatic rings. The maximum Gasteiger partial charge on any atom is 0.222 e. The SMILES string of the molecule is CN=c1cc2[s+](N)c3cc(N(C)C)ccc3nc-2cc1C. The highest BCUT2D eigenvalue weighted by Crippen LogP contribution is 2.37. The van der Waals surface area contributed by atoms with E-state index in [1.807, 2.05) is 20.2 Å². The first-order chi connectivity index (χ1) is 10.0. The van der Waals surface area contributed by atoms with E-state index in [1.165, 1.54) is 0 Å². The van der Waals surface area contributed by atoms with Crippen LogP contribution in [0.25, 0.3) is 20.8 Å². The van der Waals surface area contributed by atoms with Crippen LogP contribution >= 0.6 is 10.7 Å². The van der Waals surface area contributed by atoms with Crippen LogP contribution in [0.15, 0.2) is 35.3 Å². The van der Waals surface area contributed by atoms with Crippen LogP contribution in [0.1, 0.15) is 5.56 Å². The van der Waals surface area contributed by atoms with E-state index in [0.717, 1.165) is 37.4 Å². The third-order valence-electron chi connectivity index (χ3n) is 3.69. The summed E-state index contributed by atoms with van der Waals surface area (Å²) in [7, 11) is 5.40. The van der Waals surface area contributed by atoms with Gasteiger partial charge >= 0.3 is 0 Å². The Morgan fingerprint density at radius 1 is 1.19 bits per heavy atom. The Balaban J connectivity index is 2.42. The number of rotatable bonds is 1. The predicted molar refractivity (Wildman–Crippen MR) is 91.5 cm³/mol. The van der Waals surface area contributed by atoms with Crippen LogP contribution in [0.4, 0.5) is 5.69 Å². The van der Waals surface area contributed by atoms with Gasteiger partial charge in [0, 0.05) is 39.0 Å². The van der Waals surface area contributed by atoms with Crippen molar-refractivity contribution in [2.24, 2.45) is 4.99 Å². The second kappa shape index (κ2) is 5.09. The van der Waals surface area contributed by atoms with Crippen LogP contribution in [-0.4, -0.2) is 26.1 Å². The molecule has 0 aromatic heterocycles. The Morgan fingerprint density at radius 3 is 2.62 bits per heavy atom. The van der Waals surface area contributed by atoms with Crippen LogP contribution in [0.2, 0.25) is 0 Å². The quantitative estimate of drug-likeness (QED) is 0.555. The number of benzene rings is 2. The Labute approximate surface area is 127 Å². The number of hydrogen-bond acceptors (Lipinski definition) is 4. The van der Waals surface area contributed by atoms with Gasteiger partial charge in [-0.1, -0.05) is 0 Å². The van der Waals surface area contributed by atoms with Gasteiger partial charge in [-0.2, -0.15) is 0 Å². The molecule has 0 bridgehead atoms. The van der Waals surface area contributed by atoms with Crippen molar-refractivity contribution >= 4 is 26.6 Å². The maximum absolute atomic E-state index is 6.51. The molecule has 0 radical (unpaired) electrons. The van der Waals surface area contributed by atoms with E-state index in [1.54, 1.807) is 7.05 Å². The number of aromatic nitrogens is 1. The van der Waals surface area contributed by atoms with Gasteiger partial charge in [-0.15, -0.1) is 5.14 Å². The number of anilines is 1. The molecule has 0 amide bonds. The van der Waals surface area contributed by atoms with Crippen molar-refractivity contribution < 1.29 is 0 Å². The van der Waals surface area contributed by atoms with E-state index in [2.05, 4.69) is 41.1 Å². The fraction of sp³-hybridized carbons (Fsp3) is 0.250. The Kier molecular flexibility index (Phi) is 3.39. The third kappa shape index (κ3) is 2.28. The molecule has 3 rings (SSSR count). The summed E-state index contributed by atoms with van der Waals surface area (Å²) in [5.74, 6) is 0. The lowest BCUT2D eigenvalue weighted by atomic mass is 10.1. The standard InChI is InChI=1S/C16H19N4S/c1-10-7-14-16(9-13(10)18-2)21(17)15-8-11(20(3)4)5-6-12(15)19-14/h5-9H,17H2,1-4H3/q+1. The Bertz CT molecular complexity index is 864. The highest BCUT2D eigenvalue weighted by Gasteiger charge is 2.22. The van der Waals surface area contributed by atoms with E-state index in [9.17, 15) is 0 Å². The van der Waals surface area contributed by atoms with Gasteiger partial charge in [0.1, 0.15) is 11.2 Å². The zero-order valence-electron chi connectivity index (χ0n) is 12.7. The molecule has 2 N–H and O–H groups in total. The molecule has 2 aliphatic rings. The van der Waals surface area contributed by atoms with Crippen molar-refractivity contribution in [1.29, 1.82) is 0 Å². The lowest BCUT2D eigenvalue weighted by Gasteiger charge is -2.12. The second-order valence-electron chi connectivity index (χ2n) is 5.33. The van der Waals surface area contributed by atoms with Gasteiger partial charge in [-0.3, -0.25) is 4.99 Å². The van der Waals surface area contributed by atoms with Crippen molar-refractivity contribution in [2.45, 2.75) is 6.92 Å². The van der Waals surface area contributed by atoms with Gasteiger partial charge in [-0.05, 0) is 30.7 Å². The number of hydrogen-bond donors (Lipinski definition) is 1. The Hall–Kier alpha value is -1.98. The van der Waals surface area contributed by atoms with E-state index >= 15 is 0 Å². The number of nitrogens with zero attached hydrogens (tertiary/aromatic N) is 3. The molecule has 4 nitrogen and oxygen atoms in total. The van der Waals surface area contributed by atoms with Crippen molar-refractivity contribution in [3.63, 3.8) is 0 Å². The highest BCUT2D eigenvalue weighted by atomic mass is 32.2. The van der Waals surface area contributed by atoms with E-state index in [4.69, 9.17) is 10.1 Å². The smallest absolute Gasteiger partial charge is 0.222 e. The highest BCUT2D eigenvalue weighted by molar-refractivity contribution is 7.39. The van der Waals surface area contributed by atoms with Crippen LogP contribution in [0.3, 0.4) is 0 Å². The number of nitrogens with two attached hydrogens (primary N) is 1. The summed E-state index contributed by atoms with van der Waals surface area (Å²) in [4.78, 5) is 12.2. The van der Waals surface area contributed by atoms with Crippen LogP contribution in [0.5, 0.6) is 0 Å². The van der Waals surface area contributed by atoms with E-state index in [-0.39, 0.29) is 0 Å². The van der Waals surface area contributed by atoms with Gasteiger partial charge in [0.05, 0.1) is 16.0 Å². The molecule has 1 unspecified atom stereocenters. The number of fused-ring (bicyclic) bond motifs is 2. The summed E-state index contributed by atoms with van der Waals surface area (Å²) in [6, 6.07) is 10.4. The monoisotopic (exact) mass is 299 g/mol. The average Bonchev–Trinajstić information content (AvgIpc) is 2.46. The predicted octanol–water partition coefficient (Wildman–Crippen LogP) is 2.71. The minimum absolute atomic E-state index is 0.467. The fourth-order valence-electron chi connectivity index (χ4n) is 2.46. The topological polar surface area (TPSA) is 54.5 Å². The first-order valence-electron chi connectivity index (χ1n) is 6.77. The Morgan fingerprint density at radius 2 is 1.95 bits per heavy atom. The number of aryl methyl sites for hydroxylation is 1. The van der Waals surface area contributed by atoms with Gasteiger partial charge in [0.2, 0.25) is 9.58 Å². The summed E-state index contributed by atoms with van der Waals surface area (Å²) in [6.45, 7) is 2.05. The minimum atomic E-state index is -0.467. The van der Waals surface area contributed by atoms with Gasteiger partial charge in [0.15, 0.2) is 0 Å². The van der Waals surface area contributed by atoms with Crippen molar-refractivity contribution in [3.8, 4) is 10.6 Å². The molecule has 1 atom stereocenters. The summed E-state index contributed by atoms with van der Waals surface area (Å²) in [6.07, 6.45) is 0. The van der Waals surface area contributed by atoms with Crippen LogP contribution in [-0.2, 0) is 0 Å². The molecule has 1 aliphatic carbocycles. The molecule has 0 spiro atoms. The van der Waals surface area contributed by atoms with Crippen molar-refractivity contribution in [2.75, 3.05) is 31.2 Å².